The predicted molar refractivity (Wildman–Crippen MR) is 76.3 cm³/mol. The van der Waals surface area contributed by atoms with Crippen LogP contribution >= 0.6 is 0 Å². The van der Waals surface area contributed by atoms with E-state index in [1.807, 2.05) is 6.07 Å². The minimum Gasteiger partial charge on any atom is -0.506 e. The molecule has 1 atom stereocenters. The molecule has 98 valence electrons. The Bertz CT molecular complexity index is 565. The van der Waals surface area contributed by atoms with E-state index in [-0.39, 0.29) is 5.75 Å². The number of fused-ring (bicyclic) bond motifs is 1. The van der Waals surface area contributed by atoms with Gasteiger partial charge in [0.25, 0.3) is 0 Å². The Kier molecular flexibility index (Phi) is 3.11. The summed E-state index contributed by atoms with van der Waals surface area (Å²) in [5.41, 5.74) is 3.72. The van der Waals surface area contributed by atoms with Crippen LogP contribution in [0, 0.1) is 5.92 Å². The van der Waals surface area contributed by atoms with Crippen LogP contribution in [0.1, 0.15) is 18.2 Å². The lowest BCUT2D eigenvalue weighted by Gasteiger charge is -2.34. The van der Waals surface area contributed by atoms with Gasteiger partial charge in [0.2, 0.25) is 0 Å². The summed E-state index contributed by atoms with van der Waals surface area (Å²) in [4.78, 5) is 6.66. The molecule has 3 rings (SSSR count). The van der Waals surface area contributed by atoms with Crippen molar-refractivity contribution in [1.82, 2.24) is 4.98 Å². The monoisotopic (exact) mass is 254 g/mol. The summed E-state index contributed by atoms with van der Waals surface area (Å²) in [5.74, 6) is 0.878. The van der Waals surface area contributed by atoms with Gasteiger partial charge in [-0.05, 0) is 36.1 Å². The lowest BCUT2D eigenvalue weighted by atomic mass is 9.94. The normalized spacial score (nSPS) is 18.2. The minimum atomic E-state index is 0.219. The second-order valence-electron chi connectivity index (χ2n) is 5.33. The molecule has 0 fully saturated rings. The van der Waals surface area contributed by atoms with E-state index in [1.54, 1.807) is 6.07 Å². The summed E-state index contributed by atoms with van der Waals surface area (Å²) in [5, 5.41) is 9.29. The molecule has 3 heteroatoms. The Morgan fingerprint density at radius 3 is 2.89 bits per heavy atom. The molecule has 1 aromatic carbocycles. The second kappa shape index (κ2) is 4.92. The van der Waals surface area contributed by atoms with Crippen LogP contribution in [0.25, 0.3) is 0 Å². The van der Waals surface area contributed by atoms with Crippen molar-refractivity contribution in [3.63, 3.8) is 0 Å². The van der Waals surface area contributed by atoms with Gasteiger partial charge in [-0.15, -0.1) is 0 Å². The largest absolute Gasteiger partial charge is 0.506 e. The van der Waals surface area contributed by atoms with Crippen molar-refractivity contribution in [2.24, 2.45) is 5.92 Å². The first kappa shape index (κ1) is 12.0. The second-order valence-corrected chi connectivity index (χ2v) is 5.33. The summed E-state index contributed by atoms with van der Waals surface area (Å²) in [6, 6.07) is 12.2. The van der Waals surface area contributed by atoms with Gasteiger partial charge in [0, 0.05) is 12.2 Å². The molecule has 0 amide bonds. The Balaban J connectivity index is 1.86. The molecule has 0 radical (unpaired) electrons. The third-order valence-electron chi connectivity index (χ3n) is 3.59. The molecule has 0 bridgehead atoms. The van der Waals surface area contributed by atoms with E-state index in [9.17, 15) is 5.11 Å². The van der Waals surface area contributed by atoms with E-state index >= 15 is 0 Å². The maximum absolute atomic E-state index is 9.29. The summed E-state index contributed by atoms with van der Waals surface area (Å²) in [7, 11) is 0. The minimum absolute atomic E-state index is 0.219. The van der Waals surface area contributed by atoms with Crippen LogP contribution < -0.4 is 4.90 Å². The molecule has 1 aromatic heterocycles. The summed E-state index contributed by atoms with van der Waals surface area (Å²) in [6.45, 7) is 4.13. The third kappa shape index (κ3) is 2.55. The molecular formula is C16H18N2O. The van der Waals surface area contributed by atoms with Crippen molar-refractivity contribution in [2.45, 2.75) is 19.9 Å². The molecule has 2 heterocycles. The highest BCUT2D eigenvalue weighted by atomic mass is 16.3. The summed E-state index contributed by atoms with van der Waals surface area (Å²) in [6.07, 6.45) is 2.66. The van der Waals surface area contributed by atoms with Crippen molar-refractivity contribution < 1.29 is 5.11 Å². The van der Waals surface area contributed by atoms with Crippen molar-refractivity contribution in [3.8, 4) is 5.75 Å². The number of benzene rings is 1. The van der Waals surface area contributed by atoms with Gasteiger partial charge in [-0.1, -0.05) is 25.1 Å². The molecule has 0 saturated carbocycles. The molecular weight excluding hydrogens is 236 g/mol. The summed E-state index contributed by atoms with van der Waals surface area (Å²) < 4.78 is 0. The topological polar surface area (TPSA) is 36.4 Å². The Morgan fingerprint density at radius 2 is 2.11 bits per heavy atom. The third-order valence-corrected chi connectivity index (χ3v) is 3.59. The smallest absolute Gasteiger partial charge is 0.133 e. The molecule has 0 saturated heterocycles. The van der Waals surface area contributed by atoms with Crippen molar-refractivity contribution >= 4 is 5.69 Å². The van der Waals surface area contributed by atoms with E-state index in [1.165, 1.54) is 17.4 Å². The van der Waals surface area contributed by atoms with Crippen LogP contribution in [0.3, 0.4) is 0 Å². The number of anilines is 1. The quantitative estimate of drug-likeness (QED) is 0.895. The number of pyridine rings is 1. The number of nitrogens with zero attached hydrogens (tertiary/aromatic N) is 2. The van der Waals surface area contributed by atoms with Gasteiger partial charge < -0.3 is 10.0 Å². The number of hydrogen-bond acceptors (Lipinski definition) is 3. The average molecular weight is 254 g/mol. The van der Waals surface area contributed by atoms with Crippen LogP contribution in [0.2, 0.25) is 0 Å². The van der Waals surface area contributed by atoms with E-state index in [2.05, 4.69) is 41.1 Å². The highest BCUT2D eigenvalue weighted by Gasteiger charge is 2.21. The molecule has 3 nitrogen and oxygen atoms in total. The number of aromatic nitrogens is 1. The van der Waals surface area contributed by atoms with Gasteiger partial charge in [0.05, 0.1) is 18.4 Å². The van der Waals surface area contributed by atoms with Gasteiger partial charge in [-0.3, -0.25) is 4.98 Å². The number of hydrogen-bond donors (Lipinski definition) is 1. The zero-order chi connectivity index (χ0) is 13.2. The van der Waals surface area contributed by atoms with Crippen LogP contribution in [0.5, 0.6) is 5.75 Å². The maximum atomic E-state index is 9.29. The van der Waals surface area contributed by atoms with E-state index in [0.29, 0.717) is 5.92 Å². The Labute approximate surface area is 113 Å². The van der Waals surface area contributed by atoms with Crippen molar-refractivity contribution in [3.05, 3.63) is 53.9 Å². The van der Waals surface area contributed by atoms with Crippen molar-refractivity contribution in [1.29, 1.82) is 0 Å². The molecule has 0 spiro atoms. The average Bonchev–Trinajstić information content (AvgIpc) is 2.41. The highest BCUT2D eigenvalue weighted by molar-refractivity contribution is 5.55. The van der Waals surface area contributed by atoms with Gasteiger partial charge in [0.15, 0.2) is 0 Å². The molecule has 19 heavy (non-hydrogen) atoms. The van der Waals surface area contributed by atoms with Gasteiger partial charge in [0.1, 0.15) is 5.75 Å². The fraction of sp³-hybridized carbons (Fsp3) is 0.312. The number of para-hydroxylation sites is 1. The molecule has 1 aliphatic heterocycles. The van der Waals surface area contributed by atoms with E-state index in [0.717, 1.165) is 25.2 Å². The van der Waals surface area contributed by atoms with Gasteiger partial charge >= 0.3 is 0 Å². The first-order valence-electron chi connectivity index (χ1n) is 6.69. The van der Waals surface area contributed by atoms with Crippen LogP contribution in [-0.2, 0) is 13.0 Å². The highest BCUT2D eigenvalue weighted by Crippen LogP contribution is 2.30. The lowest BCUT2D eigenvalue weighted by Crippen LogP contribution is -2.33. The van der Waals surface area contributed by atoms with Crippen molar-refractivity contribution in [2.75, 3.05) is 11.4 Å². The number of aromatic hydroxyl groups is 1. The fourth-order valence-electron chi connectivity index (χ4n) is 2.76. The Morgan fingerprint density at radius 1 is 1.26 bits per heavy atom. The molecule has 2 aromatic rings. The maximum Gasteiger partial charge on any atom is 0.133 e. The summed E-state index contributed by atoms with van der Waals surface area (Å²) >= 11 is 0. The Hall–Kier alpha value is -2.03. The van der Waals surface area contributed by atoms with E-state index in [4.69, 9.17) is 0 Å². The van der Waals surface area contributed by atoms with E-state index < -0.39 is 0 Å². The molecule has 0 aliphatic carbocycles. The van der Waals surface area contributed by atoms with Gasteiger partial charge in [-0.25, -0.2) is 0 Å². The van der Waals surface area contributed by atoms with Crippen LogP contribution in [0.4, 0.5) is 5.69 Å². The molecule has 1 aliphatic rings. The predicted octanol–water partition coefficient (Wildman–Crippen LogP) is 2.99. The first-order valence-corrected chi connectivity index (χ1v) is 6.69. The van der Waals surface area contributed by atoms with Crippen LogP contribution in [-0.4, -0.2) is 16.6 Å². The molecule has 1 N–H and O–H groups in total. The van der Waals surface area contributed by atoms with Gasteiger partial charge in [-0.2, -0.15) is 0 Å². The molecule has 1 unspecified atom stereocenters. The fourth-order valence-corrected chi connectivity index (χ4v) is 2.76. The zero-order valence-electron chi connectivity index (χ0n) is 11.1. The SMILES string of the molecule is CC1Cc2ccccc2N(Cc2ccc(O)cn2)C1. The standard InChI is InChI=1S/C16H18N2O/c1-12-8-13-4-2-3-5-16(13)18(10-12)11-14-6-7-15(19)9-17-14/h2-7,9,12,19H,8,10-11H2,1H3. The first-order chi connectivity index (χ1) is 9.22. The zero-order valence-corrected chi connectivity index (χ0v) is 11.1. The van der Waals surface area contributed by atoms with Crippen LogP contribution in [0.15, 0.2) is 42.6 Å². The number of rotatable bonds is 2. The lowest BCUT2D eigenvalue weighted by molar-refractivity contribution is 0.471.